The Bertz CT molecular complexity index is 535. The first-order valence-corrected chi connectivity index (χ1v) is 7.69. The van der Waals surface area contributed by atoms with Crippen molar-refractivity contribution in [2.24, 2.45) is 0 Å². The first kappa shape index (κ1) is 16.7. The van der Waals surface area contributed by atoms with E-state index in [0.717, 1.165) is 41.8 Å². The molecule has 1 aliphatic rings. The van der Waals surface area contributed by atoms with Gasteiger partial charge in [-0.3, -0.25) is 0 Å². The second-order valence-corrected chi connectivity index (χ2v) is 7.04. The molecule has 2 rings (SSSR count). The molecule has 1 heterocycles. The molecule has 0 saturated carbocycles. The van der Waals surface area contributed by atoms with Gasteiger partial charge in [-0.15, -0.1) is 0 Å². The van der Waals surface area contributed by atoms with Crippen LogP contribution in [0.25, 0.3) is 0 Å². The van der Waals surface area contributed by atoms with Crippen LogP contribution in [0.3, 0.4) is 0 Å². The van der Waals surface area contributed by atoms with Crippen molar-refractivity contribution >= 4 is 24.5 Å². The summed E-state index contributed by atoms with van der Waals surface area (Å²) in [5.74, 6) is 0.805. The van der Waals surface area contributed by atoms with Crippen molar-refractivity contribution in [3.05, 3.63) is 22.2 Å². The molecule has 21 heavy (non-hydrogen) atoms. The maximum absolute atomic E-state index is 10.1. The van der Waals surface area contributed by atoms with Gasteiger partial charge >= 0.3 is 7.48 Å². The molecule has 0 unspecified atom stereocenters. The van der Waals surface area contributed by atoms with E-state index >= 15 is 0 Å². The molecule has 0 aliphatic carbocycles. The van der Waals surface area contributed by atoms with E-state index in [1.165, 1.54) is 0 Å². The lowest BCUT2D eigenvalue weighted by atomic mass is 9.78. The van der Waals surface area contributed by atoms with Gasteiger partial charge in [0.2, 0.25) is 0 Å². The van der Waals surface area contributed by atoms with E-state index in [1.54, 1.807) is 21.3 Å². The van der Waals surface area contributed by atoms with Crippen molar-refractivity contribution in [3.63, 3.8) is 0 Å². The smallest absolute Gasteiger partial charge is 0.331 e. The molecule has 0 bridgehead atoms. The number of hydrogen-bond donors (Lipinski definition) is 1. The summed E-state index contributed by atoms with van der Waals surface area (Å²) in [6.45, 7) is 9.97. The van der Waals surface area contributed by atoms with Crippen LogP contribution >= 0.6 is 11.6 Å². The number of rotatable bonds is 4. The van der Waals surface area contributed by atoms with E-state index in [4.69, 9.17) is 21.0 Å². The SMILES string of the molecule is Cc1c([B]OC(C)(C)C(C)(C)O)cc(Cl)c2c1CCCO2. The van der Waals surface area contributed by atoms with Crippen molar-refractivity contribution < 1.29 is 14.5 Å². The van der Waals surface area contributed by atoms with Gasteiger partial charge in [-0.25, -0.2) is 0 Å². The standard InChI is InChI=1S/C16H23BClO3/c1-10-11-7-6-8-20-14(11)13(18)9-12(10)17-21-16(4,5)15(2,3)19/h9,19H,6-8H2,1-5H3. The van der Waals surface area contributed by atoms with Crippen LogP contribution in [0.15, 0.2) is 6.07 Å². The first-order valence-electron chi connectivity index (χ1n) is 7.31. The van der Waals surface area contributed by atoms with Gasteiger partial charge in [-0.2, -0.15) is 0 Å². The molecule has 0 saturated heterocycles. The third-order valence-corrected chi connectivity index (χ3v) is 4.71. The van der Waals surface area contributed by atoms with E-state index < -0.39 is 11.2 Å². The lowest BCUT2D eigenvalue weighted by Gasteiger charge is -2.37. The summed E-state index contributed by atoms with van der Waals surface area (Å²) in [6, 6.07) is 1.86. The fourth-order valence-corrected chi connectivity index (χ4v) is 2.44. The Kier molecular flexibility index (Phi) is 4.62. The zero-order valence-corrected chi connectivity index (χ0v) is 14.2. The Morgan fingerprint density at radius 2 is 2.00 bits per heavy atom. The van der Waals surface area contributed by atoms with E-state index in [2.05, 4.69) is 6.92 Å². The van der Waals surface area contributed by atoms with Crippen LogP contribution < -0.4 is 10.2 Å². The Balaban J connectivity index is 2.24. The van der Waals surface area contributed by atoms with Crippen LogP contribution in [0.4, 0.5) is 0 Å². The fraction of sp³-hybridized carbons (Fsp3) is 0.625. The van der Waals surface area contributed by atoms with E-state index in [9.17, 15) is 5.11 Å². The van der Waals surface area contributed by atoms with Gasteiger partial charge in [0.15, 0.2) is 0 Å². The summed E-state index contributed by atoms with van der Waals surface area (Å²) in [5, 5.41) is 10.8. The molecule has 1 aromatic rings. The molecule has 3 nitrogen and oxygen atoms in total. The summed E-state index contributed by atoms with van der Waals surface area (Å²) >= 11 is 6.31. The number of ether oxygens (including phenoxy) is 1. The van der Waals surface area contributed by atoms with Gasteiger partial charge < -0.3 is 14.5 Å². The average molecular weight is 310 g/mol. The summed E-state index contributed by atoms with van der Waals surface area (Å²) < 4.78 is 11.5. The summed E-state index contributed by atoms with van der Waals surface area (Å²) in [7, 11) is 1.69. The summed E-state index contributed by atoms with van der Waals surface area (Å²) in [5.41, 5.74) is 1.57. The topological polar surface area (TPSA) is 38.7 Å². The van der Waals surface area contributed by atoms with Crippen molar-refractivity contribution in [2.75, 3.05) is 6.61 Å². The third kappa shape index (κ3) is 3.38. The van der Waals surface area contributed by atoms with Gasteiger partial charge in [-0.05, 0) is 70.1 Å². The Labute approximate surface area is 132 Å². The highest BCUT2D eigenvalue weighted by Gasteiger charge is 2.36. The van der Waals surface area contributed by atoms with Gasteiger partial charge in [0, 0.05) is 0 Å². The average Bonchev–Trinajstić information content (AvgIpc) is 2.40. The number of benzene rings is 1. The minimum Gasteiger partial charge on any atom is -0.492 e. The van der Waals surface area contributed by atoms with Crippen molar-refractivity contribution in [3.8, 4) is 5.75 Å². The van der Waals surface area contributed by atoms with E-state index in [-0.39, 0.29) is 0 Å². The maximum Gasteiger partial charge on any atom is 0.331 e. The lowest BCUT2D eigenvalue weighted by molar-refractivity contribution is -0.0893. The predicted molar refractivity (Wildman–Crippen MR) is 86.9 cm³/mol. The molecule has 0 fully saturated rings. The Morgan fingerprint density at radius 3 is 2.62 bits per heavy atom. The number of fused-ring (bicyclic) bond motifs is 1. The van der Waals surface area contributed by atoms with Crippen LogP contribution in [-0.4, -0.2) is 30.4 Å². The summed E-state index contributed by atoms with van der Waals surface area (Å²) in [6.07, 6.45) is 1.97. The minimum absolute atomic E-state index is 0.617. The minimum atomic E-state index is -0.946. The highest BCUT2D eigenvalue weighted by molar-refractivity contribution is 6.49. The molecule has 0 spiro atoms. The van der Waals surface area contributed by atoms with E-state index in [0.29, 0.717) is 5.02 Å². The van der Waals surface area contributed by atoms with Gasteiger partial charge in [0.1, 0.15) is 5.75 Å². The monoisotopic (exact) mass is 309 g/mol. The highest BCUT2D eigenvalue weighted by atomic mass is 35.5. The summed E-state index contributed by atoms with van der Waals surface area (Å²) in [4.78, 5) is 0. The molecule has 1 aromatic carbocycles. The molecule has 1 N–H and O–H groups in total. The molecule has 1 aliphatic heterocycles. The zero-order chi connectivity index (χ0) is 15.8. The van der Waals surface area contributed by atoms with Crippen molar-refractivity contribution in [1.29, 1.82) is 0 Å². The molecular formula is C16H23BClO3. The molecule has 1 radical (unpaired) electrons. The third-order valence-electron chi connectivity index (χ3n) is 4.43. The van der Waals surface area contributed by atoms with E-state index in [1.807, 2.05) is 19.9 Å². The Hall–Kier alpha value is -0.705. The molecule has 5 heteroatoms. The number of aliphatic hydroxyl groups is 1. The van der Waals surface area contributed by atoms with Crippen molar-refractivity contribution in [2.45, 2.75) is 58.7 Å². The normalized spacial score (nSPS) is 15.4. The number of hydrogen-bond acceptors (Lipinski definition) is 3. The molecule has 0 amide bonds. The zero-order valence-electron chi connectivity index (χ0n) is 13.4. The van der Waals surface area contributed by atoms with Gasteiger partial charge in [0.25, 0.3) is 0 Å². The second kappa shape index (κ2) is 5.83. The van der Waals surface area contributed by atoms with Gasteiger partial charge in [0.05, 0.1) is 22.8 Å². The van der Waals surface area contributed by atoms with Gasteiger partial charge in [-0.1, -0.05) is 11.6 Å². The predicted octanol–water partition coefficient (Wildman–Crippen LogP) is 2.78. The highest BCUT2D eigenvalue weighted by Crippen LogP contribution is 2.34. The fourth-order valence-electron chi connectivity index (χ4n) is 2.16. The van der Waals surface area contributed by atoms with Crippen LogP contribution in [-0.2, 0) is 11.1 Å². The molecule has 115 valence electrons. The number of halogens is 1. The van der Waals surface area contributed by atoms with Crippen LogP contribution in [0.5, 0.6) is 5.75 Å². The van der Waals surface area contributed by atoms with Crippen LogP contribution in [0.1, 0.15) is 45.2 Å². The van der Waals surface area contributed by atoms with Crippen LogP contribution in [0.2, 0.25) is 5.02 Å². The molecule has 0 aromatic heterocycles. The molecular weight excluding hydrogens is 286 g/mol. The largest absolute Gasteiger partial charge is 0.492 e. The second-order valence-electron chi connectivity index (χ2n) is 6.64. The quantitative estimate of drug-likeness (QED) is 0.869. The van der Waals surface area contributed by atoms with Crippen LogP contribution in [0, 0.1) is 6.92 Å². The lowest BCUT2D eigenvalue weighted by Crippen LogP contribution is -2.49. The maximum atomic E-state index is 10.1. The first-order chi connectivity index (χ1) is 9.63. The molecule has 0 atom stereocenters. The Morgan fingerprint density at radius 1 is 1.33 bits per heavy atom. The van der Waals surface area contributed by atoms with Crippen molar-refractivity contribution in [1.82, 2.24) is 0 Å².